The normalized spacial score (nSPS) is 15.9. The van der Waals surface area contributed by atoms with Crippen molar-refractivity contribution in [1.29, 1.82) is 0 Å². The average molecular weight is 452 g/mol. The fourth-order valence-corrected chi connectivity index (χ4v) is 2.79. The van der Waals surface area contributed by atoms with E-state index in [-0.39, 0.29) is 28.7 Å². The molecule has 0 spiro atoms. The Morgan fingerprint density at radius 2 is 2.00 bits per heavy atom. The van der Waals surface area contributed by atoms with Crippen molar-refractivity contribution in [3.63, 3.8) is 0 Å². The Morgan fingerprint density at radius 3 is 2.59 bits per heavy atom. The smallest absolute Gasteiger partial charge is 0.401 e. The Labute approximate surface area is 180 Å². The predicted molar refractivity (Wildman–Crippen MR) is 111 cm³/mol. The van der Waals surface area contributed by atoms with Crippen molar-refractivity contribution in [1.82, 2.24) is 4.98 Å². The minimum absolute atomic E-state index is 0.00418. The van der Waals surface area contributed by atoms with Gasteiger partial charge in [-0.25, -0.2) is 10.3 Å². The molecule has 1 aliphatic carbocycles. The highest BCUT2D eigenvalue weighted by Crippen LogP contribution is 2.49. The zero-order chi connectivity index (χ0) is 23.7. The fraction of sp³-hybridized carbons (Fsp3) is 0.300. The van der Waals surface area contributed by atoms with Crippen LogP contribution in [0, 0.1) is 11.2 Å². The second kappa shape index (κ2) is 8.44. The van der Waals surface area contributed by atoms with Gasteiger partial charge >= 0.3 is 12.1 Å². The van der Waals surface area contributed by atoms with Crippen molar-refractivity contribution in [3.05, 3.63) is 47.5 Å². The Hall–Kier alpha value is -3.70. The van der Waals surface area contributed by atoms with Crippen LogP contribution >= 0.6 is 0 Å². The highest BCUT2D eigenvalue weighted by molar-refractivity contribution is 5.93. The Bertz CT molecular complexity index is 1110. The summed E-state index contributed by atoms with van der Waals surface area (Å²) in [5.41, 5.74) is 10.7. The van der Waals surface area contributed by atoms with E-state index < -0.39 is 29.2 Å². The van der Waals surface area contributed by atoms with Crippen molar-refractivity contribution < 1.29 is 27.3 Å². The number of aromatic nitrogens is 2. The first-order chi connectivity index (χ1) is 14.9. The first-order valence-corrected chi connectivity index (χ1v) is 9.53. The largest absolute Gasteiger partial charge is 0.418 e. The number of hydrogen-bond acceptors (Lipinski definition) is 5. The first kappa shape index (κ1) is 23.0. The van der Waals surface area contributed by atoms with Gasteiger partial charge in [-0.3, -0.25) is 4.79 Å². The lowest BCUT2D eigenvalue weighted by atomic mass is 10.1. The van der Waals surface area contributed by atoms with E-state index in [9.17, 15) is 22.4 Å². The van der Waals surface area contributed by atoms with E-state index in [2.05, 4.69) is 25.6 Å². The molecule has 0 atom stereocenters. The van der Waals surface area contributed by atoms with Crippen LogP contribution < -0.4 is 27.1 Å². The van der Waals surface area contributed by atoms with E-state index in [1.807, 2.05) is 6.92 Å². The Balaban J connectivity index is 1.87. The number of anilines is 3. The highest BCUT2D eigenvalue weighted by Gasteiger charge is 2.40. The van der Waals surface area contributed by atoms with Crippen LogP contribution in [0.3, 0.4) is 0 Å². The van der Waals surface area contributed by atoms with Gasteiger partial charge in [-0.1, -0.05) is 6.92 Å². The summed E-state index contributed by atoms with van der Waals surface area (Å²) in [5, 5.41) is 4.75. The number of aliphatic imine (C=N–C) groups is 1. The summed E-state index contributed by atoms with van der Waals surface area (Å²) >= 11 is 0. The molecule has 12 heteroatoms. The molecule has 3 rings (SSSR count). The molecule has 8 nitrogen and oxygen atoms in total. The van der Waals surface area contributed by atoms with Gasteiger partial charge in [0.1, 0.15) is 12.0 Å². The minimum Gasteiger partial charge on any atom is -0.401 e. The van der Waals surface area contributed by atoms with Gasteiger partial charge in [0, 0.05) is 18.0 Å². The topological polar surface area (TPSA) is 133 Å². The number of H-pyrrole nitrogens is 1. The summed E-state index contributed by atoms with van der Waals surface area (Å²) in [6.07, 6.45) is -0.500. The molecule has 1 saturated carbocycles. The predicted octanol–water partition coefficient (Wildman–Crippen LogP) is 3.39. The number of alkyl halides is 3. The maximum Gasteiger partial charge on any atom is 0.418 e. The Kier molecular flexibility index (Phi) is 6.06. The molecule has 2 aromatic rings. The number of amidine groups is 1. The van der Waals surface area contributed by atoms with Crippen LogP contribution in [0.5, 0.6) is 0 Å². The third kappa shape index (κ3) is 5.50. The fourth-order valence-electron chi connectivity index (χ4n) is 2.79. The number of carbonyl (C=O) groups excluding carboxylic acids is 1. The average Bonchev–Trinajstić information content (AvgIpc) is 3.43. The van der Waals surface area contributed by atoms with Crippen LogP contribution in [-0.4, -0.2) is 16.7 Å². The van der Waals surface area contributed by atoms with Gasteiger partial charge in [-0.2, -0.15) is 22.6 Å². The maximum absolute atomic E-state index is 14.1. The van der Waals surface area contributed by atoms with Gasteiger partial charge < -0.3 is 16.8 Å². The molecule has 1 fully saturated rings. The molecule has 1 aromatic carbocycles. The Morgan fingerprint density at radius 1 is 1.31 bits per heavy atom. The molecule has 0 radical (unpaired) electrons. The zero-order valence-electron chi connectivity index (χ0n) is 17.3. The number of benzene rings is 1. The summed E-state index contributed by atoms with van der Waals surface area (Å²) < 4.78 is 54.2. The van der Waals surface area contributed by atoms with Crippen molar-refractivity contribution >= 4 is 34.9 Å². The number of allylic oxidation sites excluding steroid dienone is 1. The first-order valence-electron chi connectivity index (χ1n) is 9.53. The molecule has 1 aromatic heterocycles. The number of hydrogen-bond donors (Lipinski definition) is 4. The minimum atomic E-state index is -4.72. The number of rotatable bonds is 6. The molecule has 0 unspecified atom stereocenters. The van der Waals surface area contributed by atoms with E-state index in [1.165, 1.54) is 12.1 Å². The number of nitrogens with one attached hydrogen (secondary N) is 3. The lowest BCUT2D eigenvalue weighted by Gasteiger charge is -2.13. The number of aromatic amines is 1. The van der Waals surface area contributed by atoms with E-state index in [0.717, 1.165) is 38.1 Å². The summed E-state index contributed by atoms with van der Waals surface area (Å²) in [6.45, 7) is 3.07. The molecule has 0 bridgehead atoms. The molecule has 7 N–H and O–H groups in total. The van der Waals surface area contributed by atoms with Gasteiger partial charge in [0.2, 0.25) is 11.7 Å². The third-order valence-electron chi connectivity index (χ3n) is 4.90. The number of nitrogens with two attached hydrogens (primary N) is 2. The molecular weight excluding hydrogens is 430 g/mol. The molecule has 0 saturated heterocycles. The lowest BCUT2D eigenvalue weighted by molar-refractivity contribution is -0.367. The summed E-state index contributed by atoms with van der Waals surface area (Å²) in [4.78, 5) is 21.5. The number of nitrogens with zero attached hydrogens (tertiary/aromatic N) is 2. The van der Waals surface area contributed by atoms with E-state index in [4.69, 9.17) is 11.5 Å². The summed E-state index contributed by atoms with van der Waals surface area (Å²) in [6, 6.07) is 3.19. The molecule has 0 aliphatic heterocycles. The van der Waals surface area contributed by atoms with Gasteiger partial charge in [0.25, 0.3) is 5.82 Å². The van der Waals surface area contributed by atoms with Gasteiger partial charge in [-0.05, 0) is 42.1 Å². The molecule has 1 aliphatic rings. The van der Waals surface area contributed by atoms with Crippen molar-refractivity contribution in [2.45, 2.75) is 32.9 Å². The van der Waals surface area contributed by atoms with Crippen molar-refractivity contribution in [3.8, 4) is 0 Å². The quantitative estimate of drug-likeness (QED) is 0.303. The van der Waals surface area contributed by atoms with Crippen LogP contribution in [0.15, 0.2) is 41.2 Å². The molecule has 1 heterocycles. The van der Waals surface area contributed by atoms with Gasteiger partial charge in [0.05, 0.1) is 16.9 Å². The summed E-state index contributed by atoms with van der Waals surface area (Å²) in [7, 11) is 0. The number of carbonyl (C=O) groups is 1. The second-order valence-corrected chi connectivity index (χ2v) is 7.68. The van der Waals surface area contributed by atoms with E-state index >= 15 is 0 Å². The van der Waals surface area contributed by atoms with Crippen LogP contribution in [0.25, 0.3) is 0 Å². The second-order valence-electron chi connectivity index (χ2n) is 7.68. The highest BCUT2D eigenvalue weighted by atomic mass is 19.4. The van der Waals surface area contributed by atoms with Crippen LogP contribution in [0.4, 0.5) is 40.7 Å². The number of amides is 1. The molecular formula is C20H22F4N7O+. The van der Waals surface area contributed by atoms with Gasteiger partial charge in [0.15, 0.2) is 0 Å². The van der Waals surface area contributed by atoms with Crippen LogP contribution in [0.2, 0.25) is 0 Å². The zero-order valence-corrected chi connectivity index (χ0v) is 17.3. The molecule has 170 valence electrons. The third-order valence-corrected chi connectivity index (χ3v) is 4.90. The van der Waals surface area contributed by atoms with Crippen LogP contribution in [-0.2, 0) is 11.0 Å². The van der Waals surface area contributed by atoms with Gasteiger partial charge in [-0.15, -0.1) is 0 Å². The monoisotopic (exact) mass is 452 g/mol. The van der Waals surface area contributed by atoms with Crippen LogP contribution in [0.1, 0.15) is 32.3 Å². The van der Waals surface area contributed by atoms with Crippen molar-refractivity contribution in [2.75, 3.05) is 10.6 Å². The van der Waals surface area contributed by atoms with Crippen molar-refractivity contribution in [2.24, 2.45) is 21.9 Å². The maximum atomic E-state index is 14.1. The lowest BCUT2D eigenvalue weighted by Crippen LogP contribution is -2.17. The summed E-state index contributed by atoms with van der Waals surface area (Å²) in [5.74, 6) is -1.97. The van der Waals surface area contributed by atoms with E-state index in [1.54, 1.807) is 0 Å². The van der Waals surface area contributed by atoms with E-state index in [0.29, 0.717) is 5.70 Å². The SMILES string of the molecule is CC(=O)Nc1ccc(Nc2nc(N=C(N)C=C(N)C3(C)CC3)c(F)c[nH+]2)cc1C(F)(F)F. The molecule has 32 heavy (non-hydrogen) atoms. The standard InChI is InChI=1S/C20H21F4N7O/c1-10(32)28-14-4-3-11(7-12(14)20(22,23)24)29-18-27-9-13(21)17(31-18)30-16(26)8-15(25)19(2)5-6-19/h3-4,7-9H,5-6,25H2,1-2H3,(H,28,32)(H3,26,27,29,30,31)/p+1. The molecule has 1 amide bonds. The number of halogens is 4.